The minimum atomic E-state index is -2.04. The molecule has 0 bridgehead atoms. The summed E-state index contributed by atoms with van der Waals surface area (Å²) >= 11 is 0. The molecule has 3 rings (SSSR count). The number of aliphatic hydroxyl groups is 1. The summed E-state index contributed by atoms with van der Waals surface area (Å²) in [5.41, 5.74) is 1.30. The van der Waals surface area contributed by atoms with Crippen molar-refractivity contribution in [2.24, 2.45) is 14.1 Å². The monoisotopic (exact) mass is 468 g/mol. The quantitative estimate of drug-likeness (QED) is 0.561. The summed E-state index contributed by atoms with van der Waals surface area (Å²) in [6, 6.07) is 9.08. The first-order valence-corrected chi connectivity index (χ1v) is 13.8. The van der Waals surface area contributed by atoms with Gasteiger partial charge in [0.2, 0.25) is 0 Å². The standard InChI is InChI=1S/C24H32N4O4Si/c1-24(2,3)33(6,7)32-15-18(29)13-28-14-19-20(22(30)27(5)23(31)26(19)4)21(28)17-10-8-9-16(11-17)12-25/h8-11,14,18,29H,13,15H2,1-7H3. The van der Waals surface area contributed by atoms with Crippen LogP contribution in [0.1, 0.15) is 26.3 Å². The van der Waals surface area contributed by atoms with E-state index < -0.39 is 25.7 Å². The fourth-order valence-electron chi connectivity index (χ4n) is 3.58. The predicted octanol–water partition coefficient (Wildman–Crippen LogP) is 2.96. The van der Waals surface area contributed by atoms with Crippen molar-refractivity contribution in [2.45, 2.75) is 51.6 Å². The zero-order chi connectivity index (χ0) is 24.7. The molecule has 33 heavy (non-hydrogen) atoms. The molecule has 2 heterocycles. The number of nitrogens with zero attached hydrogens (tertiary/aromatic N) is 4. The van der Waals surface area contributed by atoms with Crippen molar-refractivity contribution in [3.8, 4) is 17.3 Å². The minimum Gasteiger partial charge on any atom is -0.414 e. The Hall–Kier alpha value is -2.93. The Balaban J connectivity index is 2.12. The lowest BCUT2D eigenvalue weighted by atomic mass is 10.1. The van der Waals surface area contributed by atoms with E-state index in [4.69, 9.17) is 4.43 Å². The molecule has 176 valence electrons. The van der Waals surface area contributed by atoms with Crippen molar-refractivity contribution in [3.63, 3.8) is 0 Å². The first-order chi connectivity index (χ1) is 15.3. The van der Waals surface area contributed by atoms with Crippen LogP contribution in [-0.4, -0.2) is 39.8 Å². The number of fused-ring (bicyclic) bond motifs is 1. The highest BCUT2D eigenvalue weighted by atomic mass is 28.4. The fraction of sp³-hybridized carbons (Fsp3) is 0.458. The zero-order valence-corrected chi connectivity index (χ0v) is 21.3. The van der Waals surface area contributed by atoms with E-state index in [0.717, 1.165) is 4.57 Å². The van der Waals surface area contributed by atoms with Crippen LogP contribution in [0.4, 0.5) is 0 Å². The first-order valence-electron chi connectivity index (χ1n) is 10.9. The lowest BCUT2D eigenvalue weighted by molar-refractivity contribution is 0.0863. The average Bonchev–Trinajstić information content (AvgIpc) is 3.13. The average molecular weight is 469 g/mol. The van der Waals surface area contributed by atoms with E-state index in [1.165, 1.54) is 11.6 Å². The van der Waals surface area contributed by atoms with Crippen molar-refractivity contribution < 1.29 is 9.53 Å². The Morgan fingerprint density at radius 3 is 2.45 bits per heavy atom. The van der Waals surface area contributed by atoms with Crippen molar-refractivity contribution in [1.29, 1.82) is 5.26 Å². The second-order valence-electron chi connectivity index (χ2n) is 10.0. The molecule has 1 aromatic carbocycles. The lowest BCUT2D eigenvalue weighted by Gasteiger charge is -2.36. The van der Waals surface area contributed by atoms with Crippen molar-refractivity contribution in [3.05, 3.63) is 56.9 Å². The maximum absolute atomic E-state index is 13.1. The molecule has 1 unspecified atom stereocenters. The van der Waals surface area contributed by atoms with E-state index >= 15 is 0 Å². The lowest BCUT2D eigenvalue weighted by Crippen LogP contribution is -2.43. The Bertz CT molecular complexity index is 1350. The maximum Gasteiger partial charge on any atom is 0.330 e. The molecule has 1 atom stereocenters. The third-order valence-corrected chi connectivity index (χ3v) is 11.1. The van der Waals surface area contributed by atoms with Gasteiger partial charge < -0.3 is 14.1 Å². The smallest absolute Gasteiger partial charge is 0.330 e. The van der Waals surface area contributed by atoms with E-state index in [1.54, 1.807) is 36.0 Å². The summed E-state index contributed by atoms with van der Waals surface area (Å²) in [5, 5.41) is 20.6. The molecule has 0 spiro atoms. The van der Waals surface area contributed by atoms with Crippen LogP contribution in [0.3, 0.4) is 0 Å². The summed E-state index contributed by atoms with van der Waals surface area (Å²) in [5.74, 6) is 0. The first kappa shape index (κ1) is 24.7. The molecule has 0 saturated carbocycles. The van der Waals surface area contributed by atoms with Gasteiger partial charge >= 0.3 is 5.69 Å². The van der Waals surface area contributed by atoms with Crippen molar-refractivity contribution in [1.82, 2.24) is 13.7 Å². The molecule has 9 heteroatoms. The van der Waals surface area contributed by atoms with Crippen molar-refractivity contribution in [2.75, 3.05) is 6.61 Å². The van der Waals surface area contributed by atoms with E-state index in [0.29, 0.717) is 27.7 Å². The normalized spacial score (nSPS) is 13.3. The van der Waals surface area contributed by atoms with Crippen LogP contribution in [0.25, 0.3) is 22.2 Å². The highest BCUT2D eigenvalue weighted by molar-refractivity contribution is 6.74. The third-order valence-electron chi connectivity index (χ3n) is 6.63. The van der Waals surface area contributed by atoms with Gasteiger partial charge in [-0.05, 0) is 30.3 Å². The van der Waals surface area contributed by atoms with Crippen LogP contribution in [0.15, 0.2) is 40.1 Å². The Kier molecular flexibility index (Phi) is 6.57. The number of rotatable bonds is 6. The number of nitriles is 1. The minimum absolute atomic E-state index is 0.0161. The number of benzene rings is 1. The van der Waals surface area contributed by atoms with Gasteiger partial charge in [0.1, 0.15) is 0 Å². The Labute approximate surface area is 194 Å². The SMILES string of the molecule is Cn1c(=O)c2c(-c3cccc(C#N)c3)n(CC(O)CO[Si](C)(C)C(C)(C)C)cc2n(C)c1=O. The second kappa shape index (κ2) is 8.78. The molecular weight excluding hydrogens is 436 g/mol. The fourth-order valence-corrected chi connectivity index (χ4v) is 4.62. The molecule has 1 N–H and O–H groups in total. The molecule has 0 fully saturated rings. The summed E-state index contributed by atoms with van der Waals surface area (Å²) in [7, 11) is 1.01. The van der Waals surface area contributed by atoms with E-state index in [9.17, 15) is 20.0 Å². The van der Waals surface area contributed by atoms with Gasteiger partial charge in [-0.2, -0.15) is 5.26 Å². The Morgan fingerprint density at radius 1 is 1.18 bits per heavy atom. The van der Waals surface area contributed by atoms with Gasteiger partial charge in [0, 0.05) is 25.9 Å². The van der Waals surface area contributed by atoms with Crippen LogP contribution in [0.5, 0.6) is 0 Å². The van der Waals surface area contributed by atoms with Gasteiger partial charge in [-0.3, -0.25) is 13.9 Å². The molecule has 0 aliphatic carbocycles. The zero-order valence-electron chi connectivity index (χ0n) is 20.3. The number of hydrogen-bond donors (Lipinski definition) is 1. The number of hydrogen-bond acceptors (Lipinski definition) is 5. The van der Waals surface area contributed by atoms with Gasteiger partial charge in [-0.15, -0.1) is 0 Å². The molecular formula is C24H32N4O4Si. The molecule has 0 amide bonds. The van der Waals surface area contributed by atoms with Crippen LogP contribution in [-0.2, 0) is 25.1 Å². The number of aromatic nitrogens is 3. The topological polar surface area (TPSA) is 102 Å². The second-order valence-corrected chi connectivity index (χ2v) is 14.8. The van der Waals surface area contributed by atoms with Gasteiger partial charge in [0.05, 0.1) is 47.5 Å². The van der Waals surface area contributed by atoms with Crippen LogP contribution < -0.4 is 11.2 Å². The molecule has 8 nitrogen and oxygen atoms in total. The summed E-state index contributed by atoms with van der Waals surface area (Å²) < 4.78 is 10.5. The highest BCUT2D eigenvalue weighted by Crippen LogP contribution is 2.36. The van der Waals surface area contributed by atoms with Gasteiger partial charge in [0.25, 0.3) is 5.56 Å². The summed E-state index contributed by atoms with van der Waals surface area (Å²) in [6.45, 7) is 11.0. The van der Waals surface area contributed by atoms with Crippen LogP contribution in [0.2, 0.25) is 18.1 Å². The molecule has 0 saturated heterocycles. The number of aryl methyl sites for hydroxylation is 1. The van der Waals surface area contributed by atoms with E-state index in [2.05, 4.69) is 39.9 Å². The van der Waals surface area contributed by atoms with E-state index in [-0.39, 0.29) is 18.2 Å². The molecule has 0 aliphatic heterocycles. The Morgan fingerprint density at radius 2 is 1.85 bits per heavy atom. The molecule has 0 radical (unpaired) electrons. The third kappa shape index (κ3) is 4.60. The van der Waals surface area contributed by atoms with Crippen molar-refractivity contribution >= 4 is 19.2 Å². The van der Waals surface area contributed by atoms with Crippen LogP contribution >= 0.6 is 0 Å². The predicted molar refractivity (Wildman–Crippen MR) is 132 cm³/mol. The van der Waals surface area contributed by atoms with Crippen LogP contribution in [0, 0.1) is 11.3 Å². The highest BCUT2D eigenvalue weighted by Gasteiger charge is 2.37. The number of aliphatic hydroxyl groups excluding tert-OH is 1. The largest absolute Gasteiger partial charge is 0.414 e. The van der Waals surface area contributed by atoms with Gasteiger partial charge in [0.15, 0.2) is 8.32 Å². The van der Waals surface area contributed by atoms with Gasteiger partial charge in [-0.1, -0.05) is 32.9 Å². The summed E-state index contributed by atoms with van der Waals surface area (Å²) in [4.78, 5) is 25.6. The maximum atomic E-state index is 13.1. The molecule has 0 aliphatic rings. The van der Waals surface area contributed by atoms with Gasteiger partial charge in [-0.25, -0.2) is 4.79 Å². The molecule has 3 aromatic rings. The molecule has 2 aromatic heterocycles. The summed E-state index contributed by atoms with van der Waals surface area (Å²) in [6.07, 6.45) is 0.891. The van der Waals surface area contributed by atoms with E-state index in [1.807, 2.05) is 6.07 Å².